The Morgan fingerprint density at radius 3 is 2.47 bits per heavy atom. The summed E-state index contributed by atoms with van der Waals surface area (Å²) in [5, 5.41) is 84.6. The van der Waals surface area contributed by atoms with Gasteiger partial charge in [-0.3, -0.25) is 10.6 Å². The fourth-order valence-corrected chi connectivity index (χ4v) is 17.1. The molecular weight excluding hydrogens is 1140 g/mol. The first kappa shape index (κ1) is 63.3. The zero-order valence-electron chi connectivity index (χ0n) is 53.5. The highest BCUT2D eigenvalue weighted by Gasteiger charge is 2.56. The van der Waals surface area contributed by atoms with Crippen molar-refractivity contribution < 1.29 is 49.6 Å². The van der Waals surface area contributed by atoms with E-state index in [9.17, 15) is 30.6 Å². The maximum Gasteiger partial charge on any atom is 0.162 e. The number of aromatic nitrogens is 1. The molecule has 1 aromatic heterocycles. The summed E-state index contributed by atoms with van der Waals surface area (Å²) >= 11 is 0. The molecule has 1 spiro atoms. The van der Waals surface area contributed by atoms with E-state index in [2.05, 4.69) is 119 Å². The Hall–Kier alpha value is -6.42. The van der Waals surface area contributed by atoms with Gasteiger partial charge in [-0.15, -0.1) is 0 Å². The predicted octanol–water partition coefficient (Wildman–Crippen LogP) is 10.8. The number of aliphatic hydroxyl groups is 4. The second-order valence-electron chi connectivity index (χ2n) is 28.2. The molecule has 4 heterocycles. The molecule has 9 unspecified atom stereocenters. The molecule has 11 N–H and O–H groups in total. The summed E-state index contributed by atoms with van der Waals surface area (Å²) in [5.41, 5.74) is 10.7. The van der Waals surface area contributed by atoms with Crippen LogP contribution in [0.3, 0.4) is 0 Å². The molecule has 13 rings (SSSR count). The van der Waals surface area contributed by atoms with Crippen molar-refractivity contribution in [2.75, 3.05) is 52.9 Å². The number of phenolic OH excluding ortho intramolecular Hbond substituents is 2. The molecule has 0 radical (unpaired) electrons. The summed E-state index contributed by atoms with van der Waals surface area (Å²) in [6, 6.07) is 26.7. The summed E-state index contributed by atoms with van der Waals surface area (Å²) in [6.45, 7) is 7.66. The smallest absolute Gasteiger partial charge is 0.162 e. The number of aromatic amines is 1. The van der Waals surface area contributed by atoms with Crippen LogP contribution in [0.25, 0.3) is 28.1 Å². The van der Waals surface area contributed by atoms with Crippen molar-refractivity contribution >= 4 is 17.0 Å². The Bertz CT molecular complexity index is 3660. The van der Waals surface area contributed by atoms with Crippen molar-refractivity contribution in [1.82, 2.24) is 26.3 Å². The molecule has 9 atom stereocenters. The molecule has 0 amide bonds. The van der Waals surface area contributed by atoms with E-state index in [1.165, 1.54) is 48.8 Å². The van der Waals surface area contributed by atoms with Crippen molar-refractivity contribution in [3.05, 3.63) is 141 Å². The number of rotatable bonds is 23. The molecule has 7 aliphatic rings. The van der Waals surface area contributed by atoms with Gasteiger partial charge < -0.3 is 65.2 Å². The second-order valence-corrected chi connectivity index (χ2v) is 28.2. The Balaban J connectivity index is 0.993. The predicted molar refractivity (Wildman–Crippen MR) is 356 cm³/mol. The lowest BCUT2D eigenvalue weighted by molar-refractivity contribution is -0.144. The third-order valence-electron chi connectivity index (χ3n) is 21.2. The summed E-state index contributed by atoms with van der Waals surface area (Å²) in [7, 11) is 0. The minimum atomic E-state index is -1.35. The molecular formula is C76H95N5O10. The number of fused-ring (bicyclic) bond motifs is 12. The van der Waals surface area contributed by atoms with Crippen molar-refractivity contribution in [3.63, 3.8) is 0 Å². The lowest BCUT2D eigenvalue weighted by atomic mass is 9.62. The second kappa shape index (κ2) is 27.3. The highest BCUT2D eigenvalue weighted by atomic mass is 16.6. The van der Waals surface area contributed by atoms with Crippen LogP contribution in [0.15, 0.2) is 90.6 Å². The van der Waals surface area contributed by atoms with Crippen molar-refractivity contribution in [2.45, 2.75) is 190 Å². The fraction of sp³-hybridized carbons (Fsp3) is 0.526. The van der Waals surface area contributed by atoms with Crippen LogP contribution < -0.4 is 35.5 Å². The van der Waals surface area contributed by atoms with Gasteiger partial charge in [0.05, 0.1) is 25.5 Å². The zero-order chi connectivity index (χ0) is 62.9. The molecule has 5 aromatic carbocycles. The molecule has 6 aromatic rings. The maximum absolute atomic E-state index is 12.2. The largest absolute Gasteiger partial charge is 0.507 e. The lowest BCUT2D eigenvalue weighted by Crippen LogP contribution is -2.62. The van der Waals surface area contributed by atoms with Crippen molar-refractivity contribution in [3.8, 4) is 51.7 Å². The van der Waals surface area contributed by atoms with E-state index in [1.807, 2.05) is 31.3 Å². The number of H-pyrrole nitrogens is 1. The standard InChI is InChI=1S/C76H95N5O10/c1-47(2)38-74(3,87)44-78-45-80-66-19-9-18-55(42-83)89-65-36-52(34-51(70(65)86)16-12-32-82)73-76(66,88-46-81-54-17-10-29-75(39-54)27-7-8-28-75)40-62-59-37-61-67(50-20-24-63-49(33-50)26-31-79-63)53(41-77-30-11-15-48-13-5-4-6-14-48)35-60-64(85)25-23-57(68(60)61)69(59)72-58(71(62)91-73)22-21-56(43-84)90-72/h4-6,13-14,20,23-26,31,33-36,47,54-56,61,66-67,73,77-87H,7-8,10-12,15-18,21-22,27-30,32,37-46H2,1-3H3. The number of hydrogen-bond acceptors (Lipinski definition) is 14. The van der Waals surface area contributed by atoms with Crippen LogP contribution in [0.2, 0.25) is 0 Å². The van der Waals surface area contributed by atoms with Gasteiger partial charge in [-0.2, -0.15) is 0 Å². The number of nitrogens with one attached hydrogen (secondary N) is 5. The molecule has 4 aliphatic carbocycles. The van der Waals surface area contributed by atoms with E-state index in [0.717, 1.165) is 88.5 Å². The Kier molecular flexibility index (Phi) is 19.0. The van der Waals surface area contributed by atoms with E-state index < -0.39 is 35.6 Å². The molecule has 91 heavy (non-hydrogen) atoms. The number of phenols is 2. The number of hydrogen-bond donors (Lipinski definition) is 11. The number of ether oxygens (including phenoxy) is 4. The lowest BCUT2D eigenvalue weighted by Gasteiger charge is -2.50. The Morgan fingerprint density at radius 2 is 1.66 bits per heavy atom. The minimum absolute atomic E-state index is 0.0647. The average molecular weight is 1240 g/mol. The first-order valence-electron chi connectivity index (χ1n) is 34.1. The highest BCUT2D eigenvalue weighted by Crippen LogP contribution is 2.62. The van der Waals surface area contributed by atoms with Gasteiger partial charge >= 0.3 is 0 Å². The molecule has 2 fully saturated rings. The first-order chi connectivity index (χ1) is 44.3. The Labute approximate surface area is 536 Å². The molecule has 3 aliphatic heterocycles. The SMILES string of the molecule is CC(C)CC(C)(O)CNCNC1C#CCC(CO)Oc2cc(cc(CCCO)c2O)C2Oc3c(c4c(c5c3CCC(CO)O5)-c3ccc(O)c5c3C(C4)C(c3ccc4[nH]ccc4c3)C(CNCCCc3ccccc3)=C5)CC12OCNC1CCCC2(CCCC2)C1. The monoisotopic (exact) mass is 1240 g/mol. The molecule has 484 valence electrons. The Morgan fingerprint density at radius 1 is 0.824 bits per heavy atom. The number of aryl methyl sites for hydroxylation is 2. The normalized spacial score (nSPS) is 25.1. The van der Waals surface area contributed by atoms with E-state index in [1.54, 1.807) is 0 Å². The fourth-order valence-electron chi connectivity index (χ4n) is 17.1. The number of aliphatic hydroxyl groups excluding tert-OH is 3. The quantitative estimate of drug-likeness (QED) is 0.0163. The number of benzene rings is 5. The van der Waals surface area contributed by atoms with Gasteiger partial charge in [-0.25, -0.2) is 0 Å². The van der Waals surface area contributed by atoms with Crippen molar-refractivity contribution in [1.29, 1.82) is 0 Å². The van der Waals surface area contributed by atoms with E-state index >= 15 is 0 Å². The molecule has 0 saturated heterocycles. The first-order valence-corrected chi connectivity index (χ1v) is 34.1. The van der Waals surface area contributed by atoms with Gasteiger partial charge in [0, 0.05) is 85.1 Å². The van der Waals surface area contributed by atoms with Crippen LogP contribution in [-0.2, 0) is 36.8 Å². The van der Waals surface area contributed by atoms with Crippen LogP contribution in [0.1, 0.15) is 172 Å². The molecule has 15 nitrogen and oxygen atoms in total. The maximum atomic E-state index is 12.2. The van der Waals surface area contributed by atoms with Gasteiger partial charge in [0.1, 0.15) is 41.1 Å². The average Bonchev–Trinajstić information content (AvgIpc) is 1.20. The third-order valence-corrected chi connectivity index (χ3v) is 21.2. The van der Waals surface area contributed by atoms with Gasteiger partial charge in [-0.05, 0) is 207 Å². The summed E-state index contributed by atoms with van der Waals surface area (Å²) in [5.74, 6) is 8.87. The van der Waals surface area contributed by atoms with Gasteiger partial charge in [0.15, 0.2) is 17.6 Å². The number of aromatic hydroxyl groups is 2. The topological polar surface area (TPSA) is 222 Å². The summed E-state index contributed by atoms with van der Waals surface area (Å²) in [6.07, 6.45) is 17.0. The van der Waals surface area contributed by atoms with Crippen LogP contribution in [-0.4, -0.2) is 124 Å². The van der Waals surface area contributed by atoms with E-state index in [-0.39, 0.29) is 80.7 Å². The van der Waals surface area contributed by atoms with Crippen molar-refractivity contribution in [2.24, 2.45) is 11.3 Å². The third kappa shape index (κ3) is 13.0. The highest BCUT2D eigenvalue weighted by molar-refractivity contribution is 5.90. The molecule has 2 saturated carbocycles. The van der Waals surface area contributed by atoms with Crippen LogP contribution >= 0.6 is 0 Å². The van der Waals surface area contributed by atoms with Crippen LogP contribution in [0.4, 0.5) is 0 Å². The van der Waals surface area contributed by atoms with Gasteiger partial charge in [0.25, 0.3) is 0 Å². The molecule has 2 bridgehead atoms. The van der Waals surface area contributed by atoms with Gasteiger partial charge in [0.2, 0.25) is 0 Å². The van der Waals surface area contributed by atoms with Crippen LogP contribution in [0.5, 0.6) is 28.7 Å². The van der Waals surface area contributed by atoms with Gasteiger partial charge in [-0.1, -0.05) is 87.4 Å². The minimum Gasteiger partial charge on any atom is -0.507 e. The summed E-state index contributed by atoms with van der Waals surface area (Å²) in [4.78, 5) is 3.43. The van der Waals surface area contributed by atoms with Crippen LogP contribution in [0, 0.1) is 23.2 Å². The summed E-state index contributed by atoms with van der Waals surface area (Å²) < 4.78 is 29.6. The zero-order valence-corrected chi connectivity index (χ0v) is 53.5. The van der Waals surface area contributed by atoms with E-state index in [4.69, 9.17) is 18.9 Å². The molecule has 15 heteroatoms. The van der Waals surface area contributed by atoms with E-state index in [0.29, 0.717) is 86.1 Å².